The fraction of sp³-hybridized carbons (Fsp3) is 0.190. The Balaban J connectivity index is 1.73. The molecule has 3 aromatic rings. The molecule has 11 nitrogen and oxygen atoms in total. The fourth-order valence-corrected chi connectivity index (χ4v) is 4.14. The van der Waals surface area contributed by atoms with Crippen molar-refractivity contribution < 1.29 is 18.0 Å². The minimum absolute atomic E-state index is 0.0182. The summed E-state index contributed by atoms with van der Waals surface area (Å²) in [6, 6.07) is 14.9. The number of hydroxylamine groups is 1. The molecular formula is C21H24N6O5S. The Labute approximate surface area is 190 Å². The molecule has 0 bridgehead atoms. The zero-order chi connectivity index (χ0) is 24.0. The van der Waals surface area contributed by atoms with Gasteiger partial charge in [0.05, 0.1) is 11.5 Å². The summed E-state index contributed by atoms with van der Waals surface area (Å²) in [5.74, 6) is -0.840. The summed E-state index contributed by atoms with van der Waals surface area (Å²) < 4.78 is 29.3. The van der Waals surface area contributed by atoms with E-state index in [9.17, 15) is 18.0 Å². The van der Waals surface area contributed by atoms with Gasteiger partial charge in [-0.15, -0.1) is 0 Å². The lowest BCUT2D eigenvalue weighted by Crippen LogP contribution is -2.37. The molecule has 0 fully saturated rings. The molecule has 1 heterocycles. The van der Waals surface area contributed by atoms with Crippen molar-refractivity contribution in [3.8, 4) is 0 Å². The van der Waals surface area contributed by atoms with E-state index in [2.05, 4.69) is 15.5 Å². The third-order valence-electron chi connectivity index (χ3n) is 4.68. The minimum Gasteiger partial charge on any atom is -0.368 e. The maximum atomic E-state index is 12.9. The van der Waals surface area contributed by atoms with Crippen LogP contribution < -0.4 is 26.8 Å². The van der Waals surface area contributed by atoms with Gasteiger partial charge in [0.2, 0.25) is 11.9 Å². The molecule has 33 heavy (non-hydrogen) atoms. The predicted octanol–water partition coefficient (Wildman–Crippen LogP) is 0.642. The molecule has 0 saturated heterocycles. The van der Waals surface area contributed by atoms with Gasteiger partial charge in [0.25, 0.3) is 15.6 Å². The molecule has 12 heteroatoms. The number of nitrogens with zero attached hydrogens (tertiary/aromatic N) is 1. The van der Waals surface area contributed by atoms with Crippen molar-refractivity contribution in [3.63, 3.8) is 0 Å². The first-order chi connectivity index (χ1) is 15.7. The highest BCUT2D eigenvalue weighted by molar-refractivity contribution is 7.92. The fourth-order valence-electron chi connectivity index (χ4n) is 3.05. The monoisotopic (exact) mass is 472 g/mol. The summed E-state index contributed by atoms with van der Waals surface area (Å²) in [7, 11) is -4.03. The molecule has 0 atom stereocenters. The molecule has 0 unspecified atom stereocenters. The van der Waals surface area contributed by atoms with Crippen molar-refractivity contribution >= 4 is 38.3 Å². The van der Waals surface area contributed by atoms with Crippen LogP contribution in [0.4, 0.5) is 5.69 Å². The zero-order valence-electron chi connectivity index (χ0n) is 17.8. The first kappa shape index (κ1) is 23.8. The van der Waals surface area contributed by atoms with Gasteiger partial charge in [-0.05, 0) is 42.0 Å². The van der Waals surface area contributed by atoms with Crippen molar-refractivity contribution in [1.82, 2.24) is 15.4 Å². The Morgan fingerprint density at radius 1 is 1.12 bits per heavy atom. The van der Waals surface area contributed by atoms with Crippen LogP contribution in [0.2, 0.25) is 0 Å². The van der Waals surface area contributed by atoms with Crippen molar-refractivity contribution in [3.05, 3.63) is 70.6 Å². The summed E-state index contributed by atoms with van der Waals surface area (Å²) in [4.78, 5) is 29.9. The van der Waals surface area contributed by atoms with Crippen LogP contribution in [0.15, 0.2) is 64.3 Å². The topological polar surface area (TPSA) is 168 Å². The van der Waals surface area contributed by atoms with E-state index < -0.39 is 21.5 Å². The second-order valence-corrected chi connectivity index (χ2v) is 8.79. The molecule has 174 valence electrons. The molecule has 1 amide bonds. The smallest absolute Gasteiger partial charge is 0.275 e. The van der Waals surface area contributed by atoms with E-state index in [-0.39, 0.29) is 36.2 Å². The maximum absolute atomic E-state index is 12.9. The summed E-state index contributed by atoms with van der Waals surface area (Å²) in [6.07, 6.45) is 0. The van der Waals surface area contributed by atoms with Crippen LogP contribution in [-0.2, 0) is 26.2 Å². The molecular weight excluding hydrogens is 448 g/mol. The maximum Gasteiger partial charge on any atom is 0.275 e. The number of aryl methyl sites for hydroxylation is 1. The number of nitrogens with two attached hydrogens (primary N) is 1. The number of hydrogen-bond acceptors (Lipinski definition) is 6. The quantitative estimate of drug-likeness (QED) is 0.132. The molecule has 0 aliphatic heterocycles. The number of aromatic nitrogens is 1. The number of rotatable bonds is 9. The van der Waals surface area contributed by atoms with Gasteiger partial charge in [0.1, 0.15) is 12.2 Å². The van der Waals surface area contributed by atoms with Gasteiger partial charge in [-0.3, -0.25) is 24.6 Å². The van der Waals surface area contributed by atoms with Crippen molar-refractivity contribution in [2.24, 2.45) is 5.73 Å². The highest BCUT2D eigenvalue weighted by atomic mass is 32.2. The van der Waals surface area contributed by atoms with Gasteiger partial charge >= 0.3 is 0 Å². The number of hydrogen-bond donors (Lipinski definition) is 5. The number of pyridine rings is 1. The number of amides is 1. The largest absolute Gasteiger partial charge is 0.368 e. The van der Waals surface area contributed by atoms with Crippen LogP contribution in [0.5, 0.6) is 0 Å². The van der Waals surface area contributed by atoms with Crippen LogP contribution in [0.1, 0.15) is 5.69 Å². The van der Waals surface area contributed by atoms with Crippen LogP contribution in [0.25, 0.3) is 10.8 Å². The third-order valence-corrected chi connectivity index (χ3v) is 6.04. The molecule has 6 N–H and O–H groups in total. The summed E-state index contributed by atoms with van der Waals surface area (Å²) in [5.41, 5.74) is 6.86. The molecule has 0 aliphatic rings. The number of nitrogens with one attached hydrogen (secondary N) is 4. The molecule has 0 radical (unpaired) electrons. The molecule has 0 spiro atoms. The second kappa shape index (κ2) is 10.1. The Morgan fingerprint density at radius 2 is 1.85 bits per heavy atom. The van der Waals surface area contributed by atoms with E-state index in [1.165, 1.54) is 22.8 Å². The second-order valence-electron chi connectivity index (χ2n) is 7.11. The number of carbonyl (C=O) groups excluding carboxylic acids is 1. The minimum atomic E-state index is -4.03. The number of guanidine groups is 1. The van der Waals surface area contributed by atoms with Crippen LogP contribution >= 0.6 is 0 Å². The first-order valence-electron chi connectivity index (χ1n) is 9.88. The van der Waals surface area contributed by atoms with Crippen molar-refractivity contribution in [2.75, 3.05) is 17.9 Å². The Morgan fingerprint density at radius 3 is 2.58 bits per heavy atom. The number of benzene rings is 2. The third kappa shape index (κ3) is 6.08. The van der Waals surface area contributed by atoms with E-state index in [0.717, 1.165) is 10.8 Å². The molecule has 2 aromatic carbocycles. The van der Waals surface area contributed by atoms with Crippen molar-refractivity contribution in [1.29, 1.82) is 5.41 Å². The van der Waals surface area contributed by atoms with E-state index in [1.54, 1.807) is 25.1 Å². The van der Waals surface area contributed by atoms with Gasteiger partial charge in [0, 0.05) is 12.2 Å². The van der Waals surface area contributed by atoms with E-state index >= 15 is 0 Å². The standard InChI is InChI=1S/C21H24N6O5S/c1-14-6-9-18(20(29)27(14)13-19(28)24-10-11-32-25-21(22)23)26-33(30,31)17-8-7-15-4-2-3-5-16(15)12-17/h2-9,12,26H,10-11,13H2,1H3,(H,24,28)(H4,22,23,25). The lowest BCUT2D eigenvalue weighted by atomic mass is 10.1. The van der Waals surface area contributed by atoms with Gasteiger partial charge in [-0.2, -0.15) is 0 Å². The Hall–Kier alpha value is -3.90. The average molecular weight is 473 g/mol. The molecule has 0 saturated carbocycles. The summed E-state index contributed by atoms with van der Waals surface area (Å²) in [6.45, 7) is 1.48. The van der Waals surface area contributed by atoms with Crippen LogP contribution in [0.3, 0.4) is 0 Å². The van der Waals surface area contributed by atoms with E-state index in [1.807, 2.05) is 18.2 Å². The Kier molecular flexibility index (Phi) is 7.30. The number of anilines is 1. The van der Waals surface area contributed by atoms with Gasteiger partial charge < -0.3 is 15.6 Å². The summed E-state index contributed by atoms with van der Waals surface area (Å²) >= 11 is 0. The van der Waals surface area contributed by atoms with E-state index in [4.69, 9.17) is 16.0 Å². The lowest BCUT2D eigenvalue weighted by molar-refractivity contribution is -0.122. The number of sulfonamides is 1. The Bertz CT molecular complexity index is 1350. The SMILES string of the molecule is Cc1ccc(NS(=O)(=O)c2ccc3ccccc3c2)c(=O)n1CC(=O)NCCONC(=N)N. The van der Waals surface area contributed by atoms with Gasteiger partial charge in [-0.1, -0.05) is 30.3 Å². The molecule has 3 rings (SSSR count). The lowest BCUT2D eigenvalue weighted by Gasteiger charge is -2.14. The average Bonchev–Trinajstić information content (AvgIpc) is 2.77. The molecule has 0 aliphatic carbocycles. The van der Waals surface area contributed by atoms with Gasteiger partial charge in [0.15, 0.2) is 0 Å². The van der Waals surface area contributed by atoms with Crippen LogP contribution in [-0.4, -0.2) is 38.0 Å². The zero-order valence-corrected chi connectivity index (χ0v) is 18.6. The van der Waals surface area contributed by atoms with Crippen molar-refractivity contribution in [2.45, 2.75) is 18.4 Å². The molecule has 1 aromatic heterocycles. The first-order valence-corrected chi connectivity index (χ1v) is 11.4. The predicted molar refractivity (Wildman–Crippen MR) is 124 cm³/mol. The van der Waals surface area contributed by atoms with Crippen LogP contribution in [0, 0.1) is 12.3 Å². The number of carbonyl (C=O) groups is 1. The van der Waals surface area contributed by atoms with Gasteiger partial charge in [-0.25, -0.2) is 13.9 Å². The highest BCUT2D eigenvalue weighted by Gasteiger charge is 2.18. The normalized spacial score (nSPS) is 11.2. The van der Waals surface area contributed by atoms with E-state index in [0.29, 0.717) is 5.69 Å². The number of fused-ring (bicyclic) bond motifs is 1. The highest BCUT2D eigenvalue weighted by Crippen LogP contribution is 2.20. The summed E-state index contributed by atoms with van der Waals surface area (Å²) in [5, 5.41) is 11.1.